The number of allylic oxidation sites excluding steroid dienone is 4. The molecule has 0 saturated carbocycles. The Morgan fingerprint density at radius 3 is 2.30 bits per heavy atom. The summed E-state index contributed by atoms with van der Waals surface area (Å²) in [7, 11) is 0. The standard InChI is InChI=1S/C16H18O4/c1-11(3-4-12(2)19-15-9-17-15)13-5-7-14(8-6-13)20-16-10-18-16/h3-8,15-16H,9-10H2,1-2H3/b11-3+,12-4+. The van der Waals surface area contributed by atoms with Crippen molar-refractivity contribution in [2.24, 2.45) is 0 Å². The molecule has 4 heteroatoms. The normalized spacial score (nSPS) is 25.3. The maximum absolute atomic E-state index is 5.52. The lowest BCUT2D eigenvalue weighted by Gasteiger charge is -2.05. The molecule has 106 valence electrons. The first kappa shape index (κ1) is 13.2. The average Bonchev–Trinajstić information content (AvgIpc) is 3.33. The van der Waals surface area contributed by atoms with Crippen LogP contribution in [0.5, 0.6) is 5.75 Å². The van der Waals surface area contributed by atoms with E-state index in [2.05, 4.69) is 6.92 Å². The van der Waals surface area contributed by atoms with Gasteiger partial charge in [0.1, 0.15) is 19.0 Å². The Labute approximate surface area is 118 Å². The van der Waals surface area contributed by atoms with Crippen LogP contribution in [0.15, 0.2) is 42.2 Å². The van der Waals surface area contributed by atoms with Gasteiger partial charge in [0.05, 0.1) is 5.76 Å². The van der Waals surface area contributed by atoms with Crippen LogP contribution in [0.25, 0.3) is 5.57 Å². The molecule has 0 amide bonds. The summed E-state index contributed by atoms with van der Waals surface area (Å²) in [6.45, 7) is 5.38. The molecule has 2 fully saturated rings. The monoisotopic (exact) mass is 274 g/mol. The largest absolute Gasteiger partial charge is 0.467 e. The van der Waals surface area contributed by atoms with Crippen molar-refractivity contribution in [2.45, 2.75) is 26.4 Å². The highest BCUT2D eigenvalue weighted by Gasteiger charge is 2.24. The van der Waals surface area contributed by atoms with Gasteiger partial charge in [-0.15, -0.1) is 0 Å². The summed E-state index contributed by atoms with van der Waals surface area (Å²) >= 11 is 0. The summed E-state index contributed by atoms with van der Waals surface area (Å²) in [4.78, 5) is 0. The van der Waals surface area contributed by atoms with Crippen molar-refractivity contribution >= 4 is 5.57 Å². The van der Waals surface area contributed by atoms with Gasteiger partial charge < -0.3 is 18.9 Å². The predicted octanol–water partition coefficient (Wildman–Crippen LogP) is 3.10. The topological polar surface area (TPSA) is 43.5 Å². The summed E-state index contributed by atoms with van der Waals surface area (Å²) in [5.74, 6) is 1.70. The Balaban J connectivity index is 1.60. The average molecular weight is 274 g/mol. The SMILES string of the molecule is C/C(=C\C=C(/C)c1ccc(OC2CO2)cc1)OC1CO1. The van der Waals surface area contributed by atoms with Crippen LogP contribution in [0, 0.1) is 0 Å². The molecule has 2 heterocycles. The van der Waals surface area contributed by atoms with Crippen LogP contribution in [0.3, 0.4) is 0 Å². The van der Waals surface area contributed by atoms with E-state index < -0.39 is 0 Å². The van der Waals surface area contributed by atoms with Crippen LogP contribution < -0.4 is 4.74 Å². The van der Waals surface area contributed by atoms with Crippen molar-refractivity contribution in [1.29, 1.82) is 0 Å². The predicted molar refractivity (Wildman–Crippen MR) is 75.0 cm³/mol. The molecule has 2 atom stereocenters. The Bertz CT molecular complexity index is 522. The molecule has 1 aromatic carbocycles. The minimum Gasteiger partial charge on any atom is -0.467 e. The molecule has 4 nitrogen and oxygen atoms in total. The van der Waals surface area contributed by atoms with Gasteiger partial charge in [0.15, 0.2) is 0 Å². The van der Waals surface area contributed by atoms with Crippen LogP contribution in [-0.4, -0.2) is 25.8 Å². The van der Waals surface area contributed by atoms with Gasteiger partial charge in [0, 0.05) is 0 Å². The molecule has 0 spiro atoms. The van der Waals surface area contributed by atoms with Gasteiger partial charge in [0.2, 0.25) is 12.6 Å². The highest BCUT2D eigenvalue weighted by Crippen LogP contribution is 2.22. The third kappa shape index (κ3) is 3.85. The molecule has 0 radical (unpaired) electrons. The van der Waals surface area contributed by atoms with E-state index in [0.717, 1.165) is 17.1 Å². The molecule has 0 aliphatic carbocycles. The van der Waals surface area contributed by atoms with E-state index in [1.54, 1.807) is 0 Å². The number of hydrogen-bond acceptors (Lipinski definition) is 4. The minimum atomic E-state index is -0.0511. The fraction of sp³-hybridized carbons (Fsp3) is 0.375. The second kappa shape index (κ2) is 5.69. The van der Waals surface area contributed by atoms with Gasteiger partial charge >= 0.3 is 0 Å². The number of ether oxygens (including phenoxy) is 4. The van der Waals surface area contributed by atoms with E-state index in [4.69, 9.17) is 18.9 Å². The minimum absolute atomic E-state index is 0.0407. The van der Waals surface area contributed by atoms with Crippen molar-refractivity contribution in [3.05, 3.63) is 47.7 Å². The second-order valence-electron chi connectivity index (χ2n) is 4.91. The fourth-order valence-corrected chi connectivity index (χ4v) is 1.75. The van der Waals surface area contributed by atoms with Gasteiger partial charge in [-0.3, -0.25) is 0 Å². The lowest BCUT2D eigenvalue weighted by Crippen LogP contribution is -1.97. The summed E-state index contributed by atoms with van der Waals surface area (Å²) in [6.07, 6.45) is 3.91. The summed E-state index contributed by atoms with van der Waals surface area (Å²) in [6, 6.07) is 7.99. The van der Waals surface area contributed by atoms with Crippen molar-refractivity contribution in [3.63, 3.8) is 0 Å². The number of benzene rings is 1. The molecule has 2 unspecified atom stereocenters. The van der Waals surface area contributed by atoms with E-state index >= 15 is 0 Å². The molecule has 20 heavy (non-hydrogen) atoms. The highest BCUT2D eigenvalue weighted by molar-refractivity contribution is 5.65. The zero-order valence-corrected chi connectivity index (χ0v) is 11.7. The summed E-state index contributed by atoms with van der Waals surface area (Å²) < 4.78 is 21.0. The Morgan fingerprint density at radius 2 is 1.70 bits per heavy atom. The van der Waals surface area contributed by atoms with E-state index in [1.165, 1.54) is 5.57 Å². The molecule has 0 aromatic heterocycles. The maximum atomic E-state index is 5.52. The van der Waals surface area contributed by atoms with Gasteiger partial charge in [-0.05, 0) is 43.2 Å². The van der Waals surface area contributed by atoms with Crippen molar-refractivity contribution in [2.75, 3.05) is 13.2 Å². The Kier molecular flexibility index (Phi) is 3.76. The first-order chi connectivity index (χ1) is 9.70. The number of hydrogen-bond donors (Lipinski definition) is 0. The van der Waals surface area contributed by atoms with Gasteiger partial charge in [-0.2, -0.15) is 0 Å². The van der Waals surface area contributed by atoms with Crippen molar-refractivity contribution in [1.82, 2.24) is 0 Å². The lowest BCUT2D eigenvalue weighted by atomic mass is 10.1. The zero-order valence-electron chi connectivity index (χ0n) is 11.7. The molecular formula is C16H18O4. The number of rotatable bonds is 6. The first-order valence-electron chi connectivity index (χ1n) is 6.73. The van der Waals surface area contributed by atoms with Crippen LogP contribution in [0.1, 0.15) is 19.4 Å². The van der Waals surface area contributed by atoms with Gasteiger partial charge in [0.25, 0.3) is 0 Å². The zero-order chi connectivity index (χ0) is 13.9. The fourth-order valence-electron chi connectivity index (χ4n) is 1.75. The second-order valence-corrected chi connectivity index (χ2v) is 4.91. The van der Waals surface area contributed by atoms with Gasteiger partial charge in [-0.1, -0.05) is 18.2 Å². The summed E-state index contributed by atoms with van der Waals surface area (Å²) in [5.41, 5.74) is 2.32. The molecule has 1 aromatic rings. The molecule has 0 bridgehead atoms. The smallest absolute Gasteiger partial charge is 0.223 e. The molecular weight excluding hydrogens is 256 g/mol. The van der Waals surface area contributed by atoms with E-state index in [9.17, 15) is 0 Å². The Hall–Kier alpha value is -1.78. The Morgan fingerprint density at radius 1 is 1.05 bits per heavy atom. The van der Waals surface area contributed by atoms with Crippen LogP contribution >= 0.6 is 0 Å². The van der Waals surface area contributed by atoms with Crippen LogP contribution in [0.2, 0.25) is 0 Å². The van der Waals surface area contributed by atoms with Crippen molar-refractivity contribution < 1.29 is 18.9 Å². The molecule has 2 saturated heterocycles. The lowest BCUT2D eigenvalue weighted by molar-refractivity contribution is 0.108. The van der Waals surface area contributed by atoms with E-state index in [0.29, 0.717) is 13.2 Å². The van der Waals surface area contributed by atoms with Crippen molar-refractivity contribution in [3.8, 4) is 5.75 Å². The van der Waals surface area contributed by atoms with Gasteiger partial charge in [-0.25, -0.2) is 0 Å². The third-order valence-corrected chi connectivity index (χ3v) is 3.07. The third-order valence-electron chi connectivity index (χ3n) is 3.07. The first-order valence-corrected chi connectivity index (χ1v) is 6.73. The molecule has 2 aliphatic heterocycles. The summed E-state index contributed by atoms with van der Waals surface area (Å²) in [5, 5.41) is 0. The molecule has 3 rings (SSSR count). The quantitative estimate of drug-likeness (QED) is 0.454. The maximum Gasteiger partial charge on any atom is 0.223 e. The van der Waals surface area contributed by atoms with Crippen LogP contribution in [-0.2, 0) is 14.2 Å². The van der Waals surface area contributed by atoms with E-state index in [-0.39, 0.29) is 12.6 Å². The molecule has 2 aliphatic rings. The highest BCUT2D eigenvalue weighted by atomic mass is 16.8. The van der Waals surface area contributed by atoms with Crippen LogP contribution in [0.4, 0.5) is 0 Å². The van der Waals surface area contributed by atoms with E-state index in [1.807, 2.05) is 43.3 Å². The molecule has 0 N–H and O–H groups in total. The number of epoxide rings is 2.